The van der Waals surface area contributed by atoms with Crippen LogP contribution in [0.1, 0.15) is 53.2 Å². The van der Waals surface area contributed by atoms with E-state index in [1.54, 1.807) is 13.0 Å². The molecule has 2 aromatic carbocycles. The zero-order valence-electron chi connectivity index (χ0n) is 17.4. The highest BCUT2D eigenvalue weighted by atomic mass is 32.2. The Morgan fingerprint density at radius 2 is 1.79 bits per heavy atom. The average Bonchev–Trinajstić information content (AvgIpc) is 2.68. The molecular formula is C23H30N2O3S. The van der Waals surface area contributed by atoms with Crippen molar-refractivity contribution in [3.8, 4) is 0 Å². The molecular weight excluding hydrogens is 384 g/mol. The lowest BCUT2D eigenvalue weighted by atomic mass is 10.0. The highest BCUT2D eigenvalue weighted by Crippen LogP contribution is 2.19. The molecule has 3 rings (SSSR count). The minimum absolute atomic E-state index is 0.157. The van der Waals surface area contributed by atoms with Crippen molar-refractivity contribution in [2.24, 2.45) is 0 Å². The second-order valence-electron chi connectivity index (χ2n) is 8.06. The average molecular weight is 415 g/mol. The number of hydrogen-bond acceptors (Lipinski definition) is 4. The van der Waals surface area contributed by atoms with Crippen LogP contribution in [-0.4, -0.2) is 38.1 Å². The third-order valence-corrected chi connectivity index (χ3v) is 6.79. The van der Waals surface area contributed by atoms with Gasteiger partial charge in [0.1, 0.15) is 0 Å². The maximum absolute atomic E-state index is 12.6. The first kappa shape index (κ1) is 21.5. The van der Waals surface area contributed by atoms with Crippen LogP contribution in [0.3, 0.4) is 0 Å². The minimum atomic E-state index is -3.35. The smallest absolute Gasteiger partial charge is 0.251 e. The third kappa shape index (κ3) is 5.67. The Labute approximate surface area is 174 Å². The van der Waals surface area contributed by atoms with E-state index in [9.17, 15) is 13.2 Å². The van der Waals surface area contributed by atoms with Crippen LogP contribution >= 0.6 is 0 Å². The molecule has 1 aliphatic heterocycles. The first-order chi connectivity index (χ1) is 13.7. The fourth-order valence-corrected chi connectivity index (χ4v) is 4.39. The normalized spacial score (nSPS) is 17.8. The highest BCUT2D eigenvalue weighted by molar-refractivity contribution is 7.90. The van der Waals surface area contributed by atoms with Gasteiger partial charge in [-0.05, 0) is 62.1 Å². The van der Waals surface area contributed by atoms with E-state index in [0.717, 1.165) is 30.5 Å². The predicted octanol–water partition coefficient (Wildman–Crippen LogP) is 3.70. The van der Waals surface area contributed by atoms with Crippen LogP contribution in [0.2, 0.25) is 0 Å². The molecule has 2 aromatic rings. The molecule has 0 aromatic heterocycles. The van der Waals surface area contributed by atoms with Crippen molar-refractivity contribution in [1.82, 2.24) is 10.2 Å². The maximum Gasteiger partial charge on any atom is 0.251 e. The topological polar surface area (TPSA) is 66.5 Å². The summed E-state index contributed by atoms with van der Waals surface area (Å²) < 4.78 is 23.5. The van der Waals surface area contributed by atoms with Crippen LogP contribution in [0.15, 0.2) is 47.4 Å². The van der Waals surface area contributed by atoms with Gasteiger partial charge in [0.2, 0.25) is 0 Å². The molecule has 1 aliphatic rings. The highest BCUT2D eigenvalue weighted by Gasteiger charge is 2.18. The zero-order chi connectivity index (χ0) is 21.0. The van der Waals surface area contributed by atoms with Gasteiger partial charge < -0.3 is 5.32 Å². The number of rotatable bonds is 6. The van der Waals surface area contributed by atoms with Gasteiger partial charge in [-0.1, -0.05) is 36.8 Å². The number of carbonyl (C=O) groups is 1. The molecule has 0 bridgehead atoms. The molecule has 1 heterocycles. The number of nitrogens with one attached hydrogen (secondary N) is 1. The summed E-state index contributed by atoms with van der Waals surface area (Å²) in [6.45, 7) is 6.62. The SMILES string of the molecule is Cc1ccc(S(C)(=O)=O)cc1C(=O)NCc1ccc(CN2CCCCC2C)cc1. The number of carbonyl (C=O) groups excluding carboxylic acids is 1. The van der Waals surface area contributed by atoms with Crippen molar-refractivity contribution in [2.45, 2.75) is 57.1 Å². The zero-order valence-corrected chi connectivity index (χ0v) is 18.3. The Bertz CT molecular complexity index is 968. The third-order valence-electron chi connectivity index (χ3n) is 5.68. The summed E-state index contributed by atoms with van der Waals surface area (Å²) in [6.07, 6.45) is 5.01. The fraction of sp³-hybridized carbons (Fsp3) is 0.435. The molecule has 1 saturated heterocycles. The van der Waals surface area contributed by atoms with Crippen LogP contribution < -0.4 is 5.32 Å². The Morgan fingerprint density at radius 3 is 2.45 bits per heavy atom. The second kappa shape index (κ2) is 9.09. The molecule has 29 heavy (non-hydrogen) atoms. The Morgan fingerprint density at radius 1 is 1.10 bits per heavy atom. The summed E-state index contributed by atoms with van der Waals surface area (Å²) in [5.41, 5.74) is 3.45. The number of sulfone groups is 1. The first-order valence-electron chi connectivity index (χ1n) is 10.1. The van der Waals surface area contributed by atoms with Gasteiger partial charge >= 0.3 is 0 Å². The van der Waals surface area contributed by atoms with Crippen molar-refractivity contribution >= 4 is 15.7 Å². The lowest BCUT2D eigenvalue weighted by Gasteiger charge is -2.33. The van der Waals surface area contributed by atoms with Gasteiger partial charge in [0.05, 0.1) is 4.90 Å². The molecule has 1 unspecified atom stereocenters. The summed E-state index contributed by atoms with van der Waals surface area (Å²) in [7, 11) is -3.35. The van der Waals surface area contributed by atoms with Gasteiger partial charge in [-0.25, -0.2) is 8.42 Å². The molecule has 6 heteroatoms. The minimum Gasteiger partial charge on any atom is -0.348 e. The Kier molecular flexibility index (Phi) is 6.75. The number of hydrogen-bond donors (Lipinski definition) is 1. The monoisotopic (exact) mass is 414 g/mol. The summed E-state index contributed by atoms with van der Waals surface area (Å²) in [6, 6.07) is 13.6. The largest absolute Gasteiger partial charge is 0.348 e. The lowest BCUT2D eigenvalue weighted by Crippen LogP contribution is -2.36. The van der Waals surface area contributed by atoms with Gasteiger partial charge in [0.15, 0.2) is 9.84 Å². The van der Waals surface area contributed by atoms with E-state index in [-0.39, 0.29) is 10.8 Å². The number of piperidine rings is 1. The van der Waals surface area contributed by atoms with Crippen LogP contribution in [0.25, 0.3) is 0 Å². The fourth-order valence-electron chi connectivity index (χ4n) is 3.74. The van der Waals surface area contributed by atoms with Crippen molar-refractivity contribution in [3.63, 3.8) is 0 Å². The van der Waals surface area contributed by atoms with Crippen molar-refractivity contribution in [1.29, 1.82) is 0 Å². The van der Waals surface area contributed by atoms with Gasteiger partial charge in [-0.2, -0.15) is 0 Å². The molecule has 1 amide bonds. The lowest BCUT2D eigenvalue weighted by molar-refractivity contribution is 0.0950. The van der Waals surface area contributed by atoms with E-state index in [1.165, 1.54) is 37.0 Å². The molecule has 1 N–H and O–H groups in total. The second-order valence-corrected chi connectivity index (χ2v) is 10.1. The van der Waals surface area contributed by atoms with Crippen LogP contribution in [0.4, 0.5) is 0 Å². The van der Waals surface area contributed by atoms with E-state index in [2.05, 4.69) is 29.3 Å². The van der Waals surface area contributed by atoms with E-state index < -0.39 is 9.84 Å². The van der Waals surface area contributed by atoms with Gasteiger partial charge in [0, 0.05) is 31.0 Å². The predicted molar refractivity (Wildman–Crippen MR) is 116 cm³/mol. The van der Waals surface area contributed by atoms with Gasteiger partial charge in [0.25, 0.3) is 5.91 Å². The standard InChI is InChI=1S/C23H30N2O3S/c1-17-7-12-21(29(3,27)28)14-22(17)23(26)24-15-19-8-10-20(11-9-19)16-25-13-5-4-6-18(25)2/h7-12,14,18H,4-6,13,15-16H2,1-3H3,(H,24,26). The molecule has 0 radical (unpaired) electrons. The van der Waals surface area contributed by atoms with Crippen molar-refractivity contribution in [3.05, 3.63) is 64.7 Å². The number of likely N-dealkylation sites (tertiary alicyclic amines) is 1. The Hall–Kier alpha value is -2.18. The van der Waals surface area contributed by atoms with Crippen molar-refractivity contribution < 1.29 is 13.2 Å². The molecule has 1 fully saturated rings. The first-order valence-corrected chi connectivity index (χ1v) is 12.0. The number of benzene rings is 2. The molecule has 5 nitrogen and oxygen atoms in total. The molecule has 0 aliphatic carbocycles. The molecule has 156 valence electrons. The van der Waals surface area contributed by atoms with E-state index in [1.807, 2.05) is 12.1 Å². The number of nitrogens with zero attached hydrogens (tertiary/aromatic N) is 1. The van der Waals surface area contributed by atoms with E-state index in [4.69, 9.17) is 0 Å². The summed E-state index contributed by atoms with van der Waals surface area (Å²) in [5.74, 6) is -0.265. The van der Waals surface area contributed by atoms with Crippen molar-refractivity contribution in [2.75, 3.05) is 12.8 Å². The summed E-state index contributed by atoms with van der Waals surface area (Å²) in [5, 5.41) is 2.90. The molecule has 0 spiro atoms. The number of amides is 1. The molecule has 0 saturated carbocycles. The van der Waals surface area contributed by atoms with Gasteiger partial charge in [-0.3, -0.25) is 9.69 Å². The quantitative estimate of drug-likeness (QED) is 0.783. The summed E-state index contributed by atoms with van der Waals surface area (Å²) >= 11 is 0. The Balaban J connectivity index is 1.61. The molecule has 1 atom stereocenters. The van der Waals surface area contributed by atoms with Crippen LogP contribution in [-0.2, 0) is 22.9 Å². The van der Waals surface area contributed by atoms with E-state index in [0.29, 0.717) is 18.2 Å². The van der Waals surface area contributed by atoms with Crippen LogP contribution in [0.5, 0.6) is 0 Å². The van der Waals surface area contributed by atoms with Crippen LogP contribution in [0, 0.1) is 6.92 Å². The van der Waals surface area contributed by atoms with Gasteiger partial charge in [-0.15, -0.1) is 0 Å². The number of aryl methyl sites for hydroxylation is 1. The van der Waals surface area contributed by atoms with E-state index >= 15 is 0 Å². The summed E-state index contributed by atoms with van der Waals surface area (Å²) in [4.78, 5) is 15.3. The maximum atomic E-state index is 12.6.